The van der Waals surface area contributed by atoms with Crippen LogP contribution in [0.4, 0.5) is 24.0 Å². The lowest BCUT2D eigenvalue weighted by molar-refractivity contribution is -0.115. The molecule has 0 bridgehead atoms. The summed E-state index contributed by atoms with van der Waals surface area (Å²) in [6.07, 6.45) is 0.945. The molecule has 0 spiro atoms. The molecule has 1 amide bonds. The number of carbonyl (C=O) groups is 1. The normalized spacial score (nSPS) is 12.0. The van der Waals surface area contributed by atoms with E-state index in [1.165, 1.54) is 11.3 Å². The van der Waals surface area contributed by atoms with Crippen molar-refractivity contribution in [2.75, 3.05) is 17.2 Å². The van der Waals surface area contributed by atoms with Gasteiger partial charge in [-0.2, -0.15) is 0 Å². The second-order valence-corrected chi connectivity index (χ2v) is 7.34. The Morgan fingerprint density at radius 2 is 2.04 bits per heavy atom. The van der Waals surface area contributed by atoms with Crippen molar-refractivity contribution >= 4 is 39.8 Å². The van der Waals surface area contributed by atoms with Crippen LogP contribution in [0.1, 0.15) is 20.3 Å². The van der Waals surface area contributed by atoms with Gasteiger partial charge in [-0.3, -0.25) is 4.79 Å². The molecule has 1 heterocycles. The minimum absolute atomic E-state index is 0.408. The zero-order valence-electron chi connectivity index (χ0n) is 12.9. The molecule has 130 valence electrons. The number of nitrogens with one attached hydrogen (secondary N) is 2. The predicted molar refractivity (Wildman–Crippen MR) is 89.0 cm³/mol. The Morgan fingerprint density at radius 1 is 1.29 bits per heavy atom. The summed E-state index contributed by atoms with van der Waals surface area (Å²) in [4.78, 5) is 12.1. The first-order valence-electron chi connectivity index (χ1n) is 7.10. The summed E-state index contributed by atoms with van der Waals surface area (Å²) in [5, 5.41) is 13.2. The van der Waals surface area contributed by atoms with E-state index in [1.54, 1.807) is 6.92 Å². The van der Waals surface area contributed by atoms with Crippen molar-refractivity contribution in [3.8, 4) is 0 Å². The molecule has 5 nitrogen and oxygen atoms in total. The van der Waals surface area contributed by atoms with Crippen LogP contribution in [0.2, 0.25) is 0 Å². The largest absolute Gasteiger partial charge is 0.360 e. The Morgan fingerprint density at radius 3 is 2.75 bits per heavy atom. The molecule has 1 atom stereocenters. The SMILES string of the molecule is CCCNc1nnc(S[C@H](C)C(=O)Nc2ccc(F)c(F)c2F)s1. The van der Waals surface area contributed by atoms with Gasteiger partial charge in [-0.1, -0.05) is 30.0 Å². The van der Waals surface area contributed by atoms with Crippen LogP contribution in [0.5, 0.6) is 0 Å². The molecule has 0 saturated heterocycles. The lowest BCUT2D eigenvalue weighted by atomic mass is 10.2. The molecule has 2 N–H and O–H groups in total. The number of benzene rings is 1. The predicted octanol–water partition coefficient (Wildman–Crippen LogP) is 3.90. The van der Waals surface area contributed by atoms with Crippen LogP contribution in [-0.4, -0.2) is 27.9 Å². The molecule has 0 radical (unpaired) electrons. The summed E-state index contributed by atoms with van der Waals surface area (Å²) in [5.41, 5.74) is -0.408. The molecule has 1 aromatic carbocycles. The molecule has 0 unspecified atom stereocenters. The fourth-order valence-corrected chi connectivity index (χ4v) is 3.54. The number of halogens is 3. The summed E-state index contributed by atoms with van der Waals surface area (Å²) in [6, 6.07) is 1.73. The molecule has 0 fully saturated rings. The minimum Gasteiger partial charge on any atom is -0.360 e. The van der Waals surface area contributed by atoms with Crippen LogP contribution in [0.15, 0.2) is 16.5 Å². The van der Waals surface area contributed by atoms with E-state index < -0.39 is 34.3 Å². The van der Waals surface area contributed by atoms with Crippen LogP contribution in [0, 0.1) is 17.5 Å². The Balaban J connectivity index is 1.97. The maximum Gasteiger partial charge on any atom is 0.237 e. The van der Waals surface area contributed by atoms with Gasteiger partial charge in [-0.15, -0.1) is 10.2 Å². The topological polar surface area (TPSA) is 66.9 Å². The van der Waals surface area contributed by atoms with Crippen molar-refractivity contribution in [1.29, 1.82) is 0 Å². The smallest absolute Gasteiger partial charge is 0.237 e. The Kier molecular flexibility index (Phi) is 6.44. The monoisotopic (exact) mass is 376 g/mol. The highest BCUT2D eigenvalue weighted by Crippen LogP contribution is 2.29. The Hall–Kier alpha value is -1.81. The summed E-state index contributed by atoms with van der Waals surface area (Å²) >= 11 is 2.44. The molecule has 1 aromatic heterocycles. The second kappa shape index (κ2) is 8.34. The third-order valence-electron chi connectivity index (χ3n) is 2.87. The van der Waals surface area contributed by atoms with Gasteiger partial charge >= 0.3 is 0 Å². The lowest BCUT2D eigenvalue weighted by Gasteiger charge is -2.11. The van der Waals surface area contributed by atoms with Gasteiger partial charge < -0.3 is 10.6 Å². The zero-order chi connectivity index (χ0) is 17.7. The number of aromatic nitrogens is 2. The van der Waals surface area contributed by atoms with Gasteiger partial charge in [0.15, 0.2) is 21.8 Å². The third kappa shape index (κ3) is 4.60. The van der Waals surface area contributed by atoms with Crippen LogP contribution in [-0.2, 0) is 4.79 Å². The first-order chi connectivity index (χ1) is 11.4. The number of amides is 1. The number of hydrogen-bond donors (Lipinski definition) is 2. The Bertz CT molecular complexity index is 726. The summed E-state index contributed by atoms with van der Waals surface area (Å²) in [7, 11) is 0. The lowest BCUT2D eigenvalue weighted by Crippen LogP contribution is -2.23. The molecule has 0 aliphatic heterocycles. The highest BCUT2D eigenvalue weighted by Gasteiger charge is 2.20. The highest BCUT2D eigenvalue weighted by atomic mass is 32.2. The average Bonchev–Trinajstić information content (AvgIpc) is 3.00. The number of hydrogen-bond acceptors (Lipinski definition) is 6. The van der Waals surface area contributed by atoms with E-state index in [0.717, 1.165) is 36.9 Å². The minimum atomic E-state index is -1.62. The molecule has 10 heteroatoms. The van der Waals surface area contributed by atoms with Gasteiger partial charge in [-0.25, -0.2) is 13.2 Å². The van der Waals surface area contributed by atoms with Gasteiger partial charge in [-0.05, 0) is 25.5 Å². The summed E-state index contributed by atoms with van der Waals surface area (Å²) in [5.74, 6) is -4.91. The van der Waals surface area contributed by atoms with Crippen LogP contribution in [0.25, 0.3) is 0 Å². The van der Waals surface area contributed by atoms with Crippen molar-refractivity contribution in [2.24, 2.45) is 0 Å². The first kappa shape index (κ1) is 18.5. The van der Waals surface area contributed by atoms with Crippen molar-refractivity contribution in [3.05, 3.63) is 29.6 Å². The zero-order valence-corrected chi connectivity index (χ0v) is 14.5. The van der Waals surface area contributed by atoms with Crippen molar-refractivity contribution in [3.63, 3.8) is 0 Å². The molecule has 0 aliphatic rings. The van der Waals surface area contributed by atoms with E-state index >= 15 is 0 Å². The van der Waals surface area contributed by atoms with Gasteiger partial charge in [0, 0.05) is 6.54 Å². The molecular weight excluding hydrogens is 361 g/mol. The van der Waals surface area contributed by atoms with Crippen LogP contribution in [0.3, 0.4) is 0 Å². The van der Waals surface area contributed by atoms with Crippen LogP contribution < -0.4 is 10.6 Å². The molecule has 2 aromatic rings. The molecule has 24 heavy (non-hydrogen) atoms. The van der Waals surface area contributed by atoms with Gasteiger partial charge in [0.25, 0.3) is 0 Å². The molecule has 0 saturated carbocycles. The average molecular weight is 376 g/mol. The van der Waals surface area contributed by atoms with Crippen LogP contribution >= 0.6 is 23.1 Å². The number of rotatable bonds is 7. The third-order valence-corrected chi connectivity index (χ3v) is 4.94. The highest BCUT2D eigenvalue weighted by molar-refractivity contribution is 8.02. The molecule has 2 rings (SSSR count). The fourth-order valence-electron chi connectivity index (χ4n) is 1.62. The number of anilines is 2. The van der Waals surface area contributed by atoms with Gasteiger partial charge in [0.1, 0.15) is 0 Å². The molecule has 0 aliphatic carbocycles. The van der Waals surface area contributed by atoms with Crippen molar-refractivity contribution in [1.82, 2.24) is 10.2 Å². The van der Waals surface area contributed by atoms with Gasteiger partial charge in [0.2, 0.25) is 11.0 Å². The number of thioether (sulfide) groups is 1. The van der Waals surface area contributed by atoms with E-state index in [0.29, 0.717) is 9.47 Å². The molecular formula is C14H15F3N4OS2. The van der Waals surface area contributed by atoms with E-state index in [4.69, 9.17) is 0 Å². The Labute approximate surface area is 145 Å². The summed E-state index contributed by atoms with van der Waals surface area (Å²) < 4.78 is 40.2. The maximum absolute atomic E-state index is 13.6. The second-order valence-electron chi connectivity index (χ2n) is 4.77. The van der Waals surface area contributed by atoms with Gasteiger partial charge in [0.05, 0.1) is 10.9 Å². The maximum atomic E-state index is 13.6. The quantitative estimate of drug-likeness (QED) is 0.567. The first-order valence-corrected chi connectivity index (χ1v) is 8.80. The number of nitrogens with zero attached hydrogens (tertiary/aromatic N) is 2. The van der Waals surface area contributed by atoms with E-state index in [9.17, 15) is 18.0 Å². The number of carbonyl (C=O) groups excluding carboxylic acids is 1. The standard InChI is InChI=1S/C14H15F3N4OS2/c1-3-6-18-13-20-21-14(24-13)23-7(2)12(22)19-9-5-4-8(15)10(16)11(9)17/h4-5,7H,3,6H2,1-2H3,(H,18,20)(H,19,22)/t7-/m1/s1. The van der Waals surface area contributed by atoms with E-state index in [2.05, 4.69) is 20.8 Å². The fraction of sp³-hybridized carbons (Fsp3) is 0.357. The van der Waals surface area contributed by atoms with E-state index in [1.807, 2.05) is 6.92 Å². The van der Waals surface area contributed by atoms with Crippen molar-refractivity contribution < 1.29 is 18.0 Å². The van der Waals surface area contributed by atoms with Crippen molar-refractivity contribution in [2.45, 2.75) is 29.9 Å². The summed E-state index contributed by atoms with van der Waals surface area (Å²) in [6.45, 7) is 4.39. The van der Waals surface area contributed by atoms with E-state index in [-0.39, 0.29) is 0 Å².